The maximum absolute atomic E-state index is 11.4. The van der Waals surface area contributed by atoms with Crippen molar-refractivity contribution in [2.75, 3.05) is 0 Å². The first-order valence-electron chi connectivity index (χ1n) is 6.16. The van der Waals surface area contributed by atoms with E-state index in [9.17, 15) is 4.79 Å². The van der Waals surface area contributed by atoms with Gasteiger partial charge in [0.15, 0.2) is 0 Å². The Morgan fingerprint density at radius 2 is 1.94 bits per heavy atom. The second-order valence-electron chi connectivity index (χ2n) is 4.74. The highest BCUT2D eigenvalue weighted by atomic mass is 17.2. The zero-order valence-electron chi connectivity index (χ0n) is 11.2. The average molecular weight is 248 g/mol. The van der Waals surface area contributed by atoms with Crippen molar-refractivity contribution in [2.45, 2.75) is 39.2 Å². The smallest absolute Gasteiger partial charge is 0.293 e. The predicted molar refractivity (Wildman–Crippen MR) is 71.6 cm³/mol. The molecule has 0 spiro atoms. The topological polar surface area (TPSA) is 35.5 Å². The van der Waals surface area contributed by atoms with Gasteiger partial charge in [-0.05, 0) is 31.9 Å². The first-order valence-corrected chi connectivity index (χ1v) is 6.16. The molecule has 1 aromatic carbocycles. The van der Waals surface area contributed by atoms with Crippen molar-refractivity contribution in [2.24, 2.45) is 0 Å². The number of benzene rings is 1. The molecule has 0 radical (unpaired) electrons. The molecule has 0 aliphatic rings. The summed E-state index contributed by atoms with van der Waals surface area (Å²) in [6.07, 6.45) is 4.86. The van der Waals surface area contributed by atoms with E-state index in [1.807, 2.05) is 44.2 Å². The molecule has 0 heterocycles. The van der Waals surface area contributed by atoms with Crippen LogP contribution in [0.25, 0.3) is 6.08 Å². The van der Waals surface area contributed by atoms with Crippen LogP contribution >= 0.6 is 0 Å². The van der Waals surface area contributed by atoms with Gasteiger partial charge in [0.05, 0.1) is 0 Å². The van der Waals surface area contributed by atoms with E-state index in [2.05, 4.69) is 6.92 Å². The summed E-state index contributed by atoms with van der Waals surface area (Å²) in [5.41, 5.74) is 0.507. The minimum atomic E-state index is -0.497. The lowest BCUT2D eigenvalue weighted by Crippen LogP contribution is -2.25. The molecule has 0 saturated heterocycles. The zero-order chi connectivity index (χ0) is 13.4. The molecular formula is C15H20O3. The molecule has 98 valence electrons. The fourth-order valence-electron chi connectivity index (χ4n) is 1.55. The molecule has 1 aromatic rings. The predicted octanol–water partition coefficient (Wildman–Crippen LogP) is 3.75. The molecule has 0 atom stereocenters. The summed E-state index contributed by atoms with van der Waals surface area (Å²) >= 11 is 0. The first kappa shape index (κ1) is 14.5. The van der Waals surface area contributed by atoms with Gasteiger partial charge in [0.1, 0.15) is 5.60 Å². The maximum Gasteiger partial charge on any atom is 0.365 e. The van der Waals surface area contributed by atoms with Gasteiger partial charge in [0.2, 0.25) is 0 Å². The Bertz CT molecular complexity index is 393. The zero-order valence-corrected chi connectivity index (χ0v) is 11.2. The minimum Gasteiger partial charge on any atom is -0.293 e. The highest BCUT2D eigenvalue weighted by Crippen LogP contribution is 2.16. The molecule has 0 bridgehead atoms. The highest BCUT2D eigenvalue weighted by molar-refractivity contribution is 5.86. The molecule has 18 heavy (non-hydrogen) atoms. The second kappa shape index (κ2) is 6.97. The standard InChI is InChI=1S/C15H20O3/c1-4-12-15(2,3)18-17-14(16)11-10-13-8-6-5-7-9-13/h5-11H,4,12H2,1-3H3. The van der Waals surface area contributed by atoms with E-state index in [1.54, 1.807) is 6.08 Å². The van der Waals surface area contributed by atoms with Crippen LogP contribution in [0.15, 0.2) is 36.4 Å². The van der Waals surface area contributed by atoms with Crippen LogP contribution in [-0.2, 0) is 14.6 Å². The van der Waals surface area contributed by atoms with E-state index in [-0.39, 0.29) is 0 Å². The highest BCUT2D eigenvalue weighted by Gasteiger charge is 2.20. The molecule has 0 aromatic heterocycles. The first-order chi connectivity index (χ1) is 8.53. The lowest BCUT2D eigenvalue weighted by Gasteiger charge is -2.21. The Labute approximate surface area is 108 Å². The van der Waals surface area contributed by atoms with Gasteiger partial charge in [-0.25, -0.2) is 4.79 Å². The van der Waals surface area contributed by atoms with Crippen LogP contribution < -0.4 is 0 Å². The van der Waals surface area contributed by atoms with Crippen LogP contribution in [0.3, 0.4) is 0 Å². The van der Waals surface area contributed by atoms with Crippen molar-refractivity contribution in [1.82, 2.24) is 0 Å². The van der Waals surface area contributed by atoms with Gasteiger partial charge in [-0.3, -0.25) is 4.89 Å². The van der Waals surface area contributed by atoms with Crippen LogP contribution in [0.2, 0.25) is 0 Å². The van der Waals surface area contributed by atoms with Crippen LogP contribution in [-0.4, -0.2) is 11.6 Å². The molecule has 0 unspecified atom stereocenters. The third-order valence-corrected chi connectivity index (χ3v) is 2.41. The quantitative estimate of drug-likeness (QED) is 0.437. The van der Waals surface area contributed by atoms with Gasteiger partial charge in [0.25, 0.3) is 0 Å². The summed E-state index contributed by atoms with van der Waals surface area (Å²) in [6.45, 7) is 5.84. The van der Waals surface area contributed by atoms with Crippen LogP contribution in [0, 0.1) is 0 Å². The molecule has 3 nitrogen and oxygen atoms in total. The fourth-order valence-corrected chi connectivity index (χ4v) is 1.55. The Morgan fingerprint density at radius 3 is 2.56 bits per heavy atom. The number of carbonyl (C=O) groups is 1. The van der Waals surface area contributed by atoms with E-state index < -0.39 is 11.6 Å². The van der Waals surface area contributed by atoms with E-state index >= 15 is 0 Å². The van der Waals surface area contributed by atoms with Crippen molar-refractivity contribution in [3.63, 3.8) is 0 Å². The van der Waals surface area contributed by atoms with Gasteiger partial charge >= 0.3 is 5.97 Å². The number of hydrogen-bond acceptors (Lipinski definition) is 3. The summed E-state index contributed by atoms with van der Waals surface area (Å²) in [4.78, 5) is 21.3. The summed E-state index contributed by atoms with van der Waals surface area (Å²) < 4.78 is 0. The third-order valence-electron chi connectivity index (χ3n) is 2.41. The van der Waals surface area contributed by atoms with Crippen LogP contribution in [0.4, 0.5) is 0 Å². The van der Waals surface area contributed by atoms with E-state index in [1.165, 1.54) is 6.08 Å². The van der Waals surface area contributed by atoms with Gasteiger partial charge < -0.3 is 0 Å². The summed E-state index contributed by atoms with van der Waals surface area (Å²) in [5, 5.41) is 0. The molecule has 0 amide bonds. The van der Waals surface area contributed by atoms with Gasteiger partial charge in [-0.1, -0.05) is 43.7 Å². The lowest BCUT2D eigenvalue weighted by atomic mass is 10.0. The molecular weight excluding hydrogens is 228 g/mol. The fraction of sp³-hybridized carbons (Fsp3) is 0.400. The molecule has 0 saturated carbocycles. The Kier molecular flexibility index (Phi) is 5.59. The van der Waals surface area contributed by atoms with Crippen molar-refractivity contribution >= 4 is 12.0 Å². The van der Waals surface area contributed by atoms with Crippen LogP contribution in [0.5, 0.6) is 0 Å². The Hall–Kier alpha value is -1.61. The Balaban J connectivity index is 2.41. The molecule has 3 heteroatoms. The number of hydrogen-bond donors (Lipinski definition) is 0. The van der Waals surface area contributed by atoms with Crippen molar-refractivity contribution in [3.05, 3.63) is 42.0 Å². The van der Waals surface area contributed by atoms with Crippen molar-refractivity contribution in [3.8, 4) is 0 Å². The lowest BCUT2D eigenvalue weighted by molar-refractivity contribution is -0.322. The van der Waals surface area contributed by atoms with Crippen LogP contribution in [0.1, 0.15) is 39.2 Å². The van der Waals surface area contributed by atoms with Gasteiger partial charge in [-0.2, -0.15) is 4.89 Å². The van der Waals surface area contributed by atoms with E-state index in [0.717, 1.165) is 18.4 Å². The summed E-state index contributed by atoms with van der Waals surface area (Å²) in [6, 6.07) is 9.56. The molecule has 0 N–H and O–H groups in total. The second-order valence-corrected chi connectivity index (χ2v) is 4.74. The van der Waals surface area contributed by atoms with Crippen molar-refractivity contribution in [1.29, 1.82) is 0 Å². The summed E-state index contributed by atoms with van der Waals surface area (Å²) in [5.74, 6) is -0.497. The van der Waals surface area contributed by atoms with Gasteiger partial charge in [-0.15, -0.1) is 0 Å². The normalized spacial score (nSPS) is 11.7. The van der Waals surface area contributed by atoms with E-state index in [4.69, 9.17) is 9.78 Å². The summed E-state index contributed by atoms with van der Waals surface area (Å²) in [7, 11) is 0. The molecule has 0 fully saturated rings. The Morgan fingerprint density at radius 1 is 1.28 bits per heavy atom. The van der Waals surface area contributed by atoms with E-state index in [0.29, 0.717) is 0 Å². The number of carbonyl (C=O) groups excluding carboxylic acids is 1. The number of rotatable bonds is 6. The van der Waals surface area contributed by atoms with Crippen molar-refractivity contribution < 1.29 is 14.6 Å². The maximum atomic E-state index is 11.4. The molecule has 0 aliphatic heterocycles. The molecule has 0 aliphatic carbocycles. The molecule has 1 rings (SSSR count). The average Bonchev–Trinajstić information content (AvgIpc) is 2.35. The largest absolute Gasteiger partial charge is 0.365 e. The minimum absolute atomic E-state index is 0.439. The monoisotopic (exact) mass is 248 g/mol. The third kappa shape index (κ3) is 5.64. The van der Waals surface area contributed by atoms with Gasteiger partial charge in [0, 0.05) is 6.08 Å². The SMILES string of the molecule is CCCC(C)(C)OOC(=O)C=Cc1ccccc1.